The fourth-order valence-corrected chi connectivity index (χ4v) is 4.24. The maximum Gasteiger partial charge on any atom is 0.348 e. The predicted octanol–water partition coefficient (Wildman–Crippen LogP) is 3.65. The van der Waals surface area contributed by atoms with Crippen molar-refractivity contribution in [2.75, 3.05) is 13.1 Å². The number of likely N-dealkylation sites (tertiary alicyclic amines) is 1. The molecule has 1 aromatic carbocycles. The highest BCUT2D eigenvalue weighted by atomic mass is 16.6. The van der Waals surface area contributed by atoms with E-state index in [-0.39, 0.29) is 29.8 Å². The van der Waals surface area contributed by atoms with Crippen molar-refractivity contribution in [3.8, 4) is 0 Å². The highest BCUT2D eigenvalue weighted by Gasteiger charge is 2.25. The average molecular weight is 435 g/mol. The van der Waals surface area contributed by atoms with Crippen LogP contribution < -0.4 is 0 Å². The second kappa shape index (κ2) is 8.78. The van der Waals surface area contributed by atoms with Gasteiger partial charge in [0.1, 0.15) is 12.7 Å². The van der Waals surface area contributed by atoms with Gasteiger partial charge in [0, 0.05) is 49.6 Å². The maximum absolute atomic E-state index is 12.9. The van der Waals surface area contributed by atoms with Gasteiger partial charge in [-0.1, -0.05) is 18.2 Å². The lowest BCUT2D eigenvalue weighted by atomic mass is 10.1. The molecule has 3 aromatic rings. The van der Waals surface area contributed by atoms with E-state index in [4.69, 9.17) is 0 Å². The van der Waals surface area contributed by atoms with Gasteiger partial charge in [-0.05, 0) is 36.3 Å². The number of amides is 1. The number of rotatable bonds is 6. The number of ketones is 1. The molecule has 1 aliphatic heterocycles. The summed E-state index contributed by atoms with van der Waals surface area (Å²) in [5.74, 6) is -0.181. The number of aryl methyl sites for hydroxylation is 1. The Hall–Kier alpha value is -3.75. The summed E-state index contributed by atoms with van der Waals surface area (Å²) in [6.07, 6.45) is 7.81. The number of carbonyl (C=O) groups is 2. The van der Waals surface area contributed by atoms with Crippen molar-refractivity contribution in [2.45, 2.75) is 39.7 Å². The molecule has 0 aliphatic carbocycles. The molecule has 4 rings (SSSR count). The number of imidazole rings is 1. The summed E-state index contributed by atoms with van der Waals surface area (Å²) >= 11 is 0. The van der Waals surface area contributed by atoms with E-state index in [1.54, 1.807) is 13.0 Å². The molecule has 0 bridgehead atoms. The minimum atomic E-state index is -0.558. The third kappa shape index (κ3) is 4.05. The van der Waals surface area contributed by atoms with Gasteiger partial charge in [0.2, 0.25) is 5.91 Å². The molecule has 0 spiro atoms. The number of aromatic nitrogens is 3. The van der Waals surface area contributed by atoms with E-state index in [2.05, 4.69) is 4.98 Å². The van der Waals surface area contributed by atoms with Crippen LogP contribution in [0, 0.1) is 17.0 Å². The van der Waals surface area contributed by atoms with Crippen LogP contribution in [0.3, 0.4) is 0 Å². The number of para-hydroxylation sites is 1. The third-order valence-electron chi connectivity index (χ3n) is 5.83. The molecule has 1 aliphatic rings. The molecule has 9 nitrogen and oxygen atoms in total. The minimum Gasteiger partial charge on any atom is -0.358 e. The van der Waals surface area contributed by atoms with Gasteiger partial charge < -0.3 is 19.6 Å². The molecule has 9 heteroatoms. The summed E-state index contributed by atoms with van der Waals surface area (Å²) in [5.41, 5.74) is 1.72. The van der Waals surface area contributed by atoms with E-state index >= 15 is 0 Å². The first-order valence-electron chi connectivity index (χ1n) is 10.6. The number of allylic oxidation sites excluding steroid dienone is 1. The van der Waals surface area contributed by atoms with Crippen molar-refractivity contribution >= 4 is 40.2 Å². The first kappa shape index (κ1) is 21.5. The van der Waals surface area contributed by atoms with Gasteiger partial charge in [-0.25, -0.2) is 4.98 Å². The van der Waals surface area contributed by atoms with Crippen molar-refractivity contribution in [2.24, 2.45) is 0 Å². The number of piperidine rings is 1. The summed E-state index contributed by atoms with van der Waals surface area (Å²) in [7, 11) is 0. The van der Waals surface area contributed by atoms with E-state index < -0.39 is 4.92 Å². The Morgan fingerprint density at radius 2 is 1.91 bits per heavy atom. The molecule has 1 fully saturated rings. The maximum atomic E-state index is 12.9. The van der Waals surface area contributed by atoms with Crippen LogP contribution in [-0.4, -0.2) is 48.7 Å². The second-order valence-corrected chi connectivity index (χ2v) is 8.01. The quantitative estimate of drug-likeness (QED) is 0.334. The summed E-state index contributed by atoms with van der Waals surface area (Å²) < 4.78 is 3.14. The second-order valence-electron chi connectivity index (χ2n) is 8.01. The number of hydrogen-bond acceptors (Lipinski definition) is 5. The zero-order valence-electron chi connectivity index (χ0n) is 18.2. The lowest BCUT2D eigenvalue weighted by molar-refractivity contribution is -0.390. The normalized spacial score (nSPS) is 14.7. The Labute approximate surface area is 185 Å². The van der Waals surface area contributed by atoms with Crippen LogP contribution >= 0.6 is 0 Å². The monoisotopic (exact) mass is 435 g/mol. The van der Waals surface area contributed by atoms with Crippen LogP contribution in [-0.2, 0) is 16.1 Å². The summed E-state index contributed by atoms with van der Waals surface area (Å²) in [6.45, 7) is 4.75. The molecule has 0 radical (unpaired) electrons. The van der Waals surface area contributed by atoms with Crippen molar-refractivity contribution in [3.63, 3.8) is 0 Å². The molecular weight excluding hydrogens is 410 g/mol. The Morgan fingerprint density at radius 3 is 2.59 bits per heavy atom. The molecule has 0 N–H and O–H groups in total. The Bertz CT molecular complexity index is 1230. The van der Waals surface area contributed by atoms with Gasteiger partial charge >= 0.3 is 5.82 Å². The first-order valence-corrected chi connectivity index (χ1v) is 10.6. The number of Topliss-reactive ketones (excluding diaryl/α,β-unsaturated/α-hetero) is 1. The van der Waals surface area contributed by atoms with Crippen molar-refractivity contribution in [1.82, 2.24) is 19.0 Å². The topological polar surface area (TPSA) is 103 Å². The lowest BCUT2D eigenvalue weighted by Gasteiger charge is -2.27. The highest BCUT2D eigenvalue weighted by molar-refractivity contribution is 6.20. The smallest absolute Gasteiger partial charge is 0.348 e. The van der Waals surface area contributed by atoms with Crippen LogP contribution in [0.5, 0.6) is 0 Å². The van der Waals surface area contributed by atoms with Gasteiger partial charge in [0.15, 0.2) is 17.3 Å². The van der Waals surface area contributed by atoms with Crippen LogP contribution in [0.2, 0.25) is 0 Å². The van der Waals surface area contributed by atoms with E-state index in [9.17, 15) is 19.7 Å². The molecular formula is C23H25N5O4. The van der Waals surface area contributed by atoms with Gasteiger partial charge in [-0.3, -0.25) is 9.59 Å². The molecule has 32 heavy (non-hydrogen) atoms. The zero-order chi connectivity index (χ0) is 22.8. The summed E-state index contributed by atoms with van der Waals surface area (Å²) in [5, 5.41) is 12.3. The molecule has 2 aromatic heterocycles. The molecule has 1 saturated heterocycles. The highest BCUT2D eigenvalue weighted by Crippen LogP contribution is 2.28. The van der Waals surface area contributed by atoms with Gasteiger partial charge in [-0.15, -0.1) is 0 Å². The van der Waals surface area contributed by atoms with E-state index in [0.717, 1.165) is 49.5 Å². The van der Waals surface area contributed by atoms with Crippen molar-refractivity contribution in [1.29, 1.82) is 0 Å². The van der Waals surface area contributed by atoms with E-state index in [1.807, 2.05) is 39.9 Å². The molecule has 0 saturated carbocycles. The Morgan fingerprint density at radius 1 is 1.19 bits per heavy atom. The summed E-state index contributed by atoms with van der Waals surface area (Å²) in [4.78, 5) is 42.2. The minimum absolute atomic E-state index is 0.0638. The van der Waals surface area contributed by atoms with Gasteiger partial charge in [-0.2, -0.15) is 4.57 Å². The zero-order valence-corrected chi connectivity index (χ0v) is 18.2. The molecule has 0 unspecified atom stereocenters. The fourth-order valence-electron chi connectivity index (χ4n) is 4.24. The van der Waals surface area contributed by atoms with Crippen molar-refractivity contribution in [3.05, 3.63) is 58.2 Å². The van der Waals surface area contributed by atoms with Gasteiger partial charge in [0.05, 0.1) is 0 Å². The molecule has 3 heterocycles. The number of benzene rings is 1. The standard InChI is InChI=1S/C23H25N5O4/c1-16(29)21(27-17(2)24-13-22(27)28(31)32)12-18-14-26(20-9-5-4-8-19(18)20)15-23(30)25-10-6-3-7-11-25/h4-5,8-9,12-14H,3,6-7,10-11,15H2,1-2H3/b21-12+. The van der Waals surface area contributed by atoms with Gasteiger partial charge in [0.25, 0.3) is 0 Å². The first-order chi connectivity index (χ1) is 15.4. The Kier molecular flexibility index (Phi) is 5.89. The summed E-state index contributed by atoms with van der Waals surface area (Å²) in [6, 6.07) is 7.62. The number of nitrogens with zero attached hydrogens (tertiary/aromatic N) is 5. The van der Waals surface area contributed by atoms with E-state index in [1.165, 1.54) is 11.5 Å². The fraction of sp³-hybridized carbons (Fsp3) is 0.348. The molecule has 1 amide bonds. The third-order valence-corrected chi connectivity index (χ3v) is 5.83. The van der Waals surface area contributed by atoms with E-state index in [0.29, 0.717) is 11.4 Å². The largest absolute Gasteiger partial charge is 0.358 e. The Balaban J connectivity index is 1.78. The van der Waals surface area contributed by atoms with Crippen LogP contribution in [0.1, 0.15) is 37.6 Å². The number of fused-ring (bicyclic) bond motifs is 1. The SMILES string of the molecule is CC(=O)/C(=C\c1cn(CC(=O)N2CCCCC2)c2ccccc12)n1c([N+](=O)[O-])cnc1C. The average Bonchev–Trinajstić information content (AvgIpc) is 3.33. The molecule has 0 atom stereocenters. The number of carbonyl (C=O) groups excluding carboxylic acids is 2. The van der Waals surface area contributed by atoms with Crippen LogP contribution in [0.4, 0.5) is 5.82 Å². The van der Waals surface area contributed by atoms with Crippen LogP contribution in [0.25, 0.3) is 22.7 Å². The predicted molar refractivity (Wildman–Crippen MR) is 121 cm³/mol. The number of nitro groups is 1. The van der Waals surface area contributed by atoms with Crippen LogP contribution in [0.15, 0.2) is 36.7 Å². The number of hydrogen-bond donors (Lipinski definition) is 0. The molecule has 166 valence electrons. The van der Waals surface area contributed by atoms with Crippen molar-refractivity contribution < 1.29 is 14.5 Å². The lowest BCUT2D eigenvalue weighted by Crippen LogP contribution is -2.37.